The first kappa shape index (κ1) is 18.2. The average molecular weight is 306 g/mol. The monoisotopic (exact) mass is 305 g/mol. The minimum absolute atomic E-state index is 0. The maximum atomic E-state index is 12.1. The van der Waals surface area contributed by atoms with Crippen molar-refractivity contribution < 1.29 is 4.79 Å². The second kappa shape index (κ2) is 7.08. The predicted octanol–water partition coefficient (Wildman–Crippen LogP) is 2.09. The molecule has 0 radical (unpaired) electrons. The molecule has 1 saturated carbocycles. The molecular weight excluding hydrogens is 285 g/mol. The highest BCUT2D eigenvalue weighted by Gasteiger charge is 2.41. The number of nitrogens with one attached hydrogen (secondary N) is 1. The Morgan fingerprint density at radius 2 is 2.11 bits per heavy atom. The topological polar surface area (TPSA) is 68.0 Å². The van der Waals surface area contributed by atoms with Crippen molar-refractivity contribution in [1.82, 2.24) is 10.3 Å². The van der Waals surface area contributed by atoms with Gasteiger partial charge in [0.15, 0.2) is 0 Å². The van der Waals surface area contributed by atoms with Crippen LogP contribution in [0.1, 0.15) is 35.9 Å². The van der Waals surface area contributed by atoms with Gasteiger partial charge in [-0.05, 0) is 44.7 Å². The molecule has 1 aliphatic carbocycles. The van der Waals surface area contributed by atoms with Crippen molar-refractivity contribution in [3.8, 4) is 0 Å². The molecule has 4 nitrogen and oxygen atoms in total. The van der Waals surface area contributed by atoms with Gasteiger partial charge >= 0.3 is 0 Å². The fraction of sp³-hybridized carbons (Fsp3) is 0.538. The molecule has 0 spiro atoms. The fourth-order valence-corrected chi connectivity index (χ4v) is 2.03. The summed E-state index contributed by atoms with van der Waals surface area (Å²) in [4.78, 5) is 16.3. The molecule has 1 unspecified atom stereocenters. The number of pyridine rings is 1. The van der Waals surface area contributed by atoms with Crippen molar-refractivity contribution in [2.45, 2.75) is 32.2 Å². The van der Waals surface area contributed by atoms with Crippen LogP contribution < -0.4 is 11.1 Å². The van der Waals surface area contributed by atoms with Crippen molar-refractivity contribution in [3.63, 3.8) is 0 Å². The van der Waals surface area contributed by atoms with Crippen LogP contribution in [0.25, 0.3) is 0 Å². The van der Waals surface area contributed by atoms with E-state index in [1.165, 1.54) is 0 Å². The van der Waals surface area contributed by atoms with Crippen LogP contribution in [-0.2, 0) is 0 Å². The Labute approximate surface area is 126 Å². The maximum Gasteiger partial charge on any atom is 0.270 e. The highest BCUT2D eigenvalue weighted by atomic mass is 35.5. The summed E-state index contributed by atoms with van der Waals surface area (Å²) in [5.74, 6) is 0.384. The average Bonchev–Trinajstić information content (AvgIpc) is 3.13. The zero-order valence-corrected chi connectivity index (χ0v) is 12.8. The van der Waals surface area contributed by atoms with E-state index in [4.69, 9.17) is 5.73 Å². The number of hydrogen-bond donors (Lipinski definition) is 2. The van der Waals surface area contributed by atoms with Crippen LogP contribution in [0.15, 0.2) is 18.2 Å². The lowest BCUT2D eigenvalue weighted by Gasteiger charge is -2.29. The van der Waals surface area contributed by atoms with E-state index in [9.17, 15) is 4.79 Å². The molecule has 0 aliphatic heterocycles. The molecule has 1 heterocycles. The third-order valence-electron chi connectivity index (χ3n) is 3.42. The van der Waals surface area contributed by atoms with Gasteiger partial charge in [0.25, 0.3) is 5.91 Å². The van der Waals surface area contributed by atoms with Gasteiger partial charge in [-0.25, -0.2) is 4.98 Å². The lowest BCUT2D eigenvalue weighted by Crippen LogP contribution is -2.53. The number of carbonyl (C=O) groups excluding carboxylic acids is 1. The number of aromatic nitrogens is 1. The van der Waals surface area contributed by atoms with E-state index in [2.05, 4.69) is 10.3 Å². The number of aryl methyl sites for hydroxylation is 1. The number of hydrogen-bond acceptors (Lipinski definition) is 3. The Morgan fingerprint density at radius 3 is 2.58 bits per heavy atom. The third-order valence-corrected chi connectivity index (χ3v) is 3.42. The van der Waals surface area contributed by atoms with E-state index in [1.54, 1.807) is 6.07 Å². The van der Waals surface area contributed by atoms with Crippen LogP contribution >= 0.6 is 24.8 Å². The normalized spacial score (nSPS) is 16.6. The Hall–Kier alpha value is -0.840. The van der Waals surface area contributed by atoms with Crippen LogP contribution in [0.4, 0.5) is 0 Å². The number of halogens is 2. The van der Waals surface area contributed by atoms with Gasteiger partial charge in [-0.1, -0.05) is 6.07 Å². The van der Waals surface area contributed by atoms with E-state index in [0.29, 0.717) is 18.2 Å². The molecule has 108 valence electrons. The van der Waals surface area contributed by atoms with Gasteiger partial charge in [-0.2, -0.15) is 0 Å². The first-order valence-electron chi connectivity index (χ1n) is 6.01. The minimum Gasteiger partial charge on any atom is -0.344 e. The number of nitrogens with two attached hydrogens (primary N) is 1. The minimum atomic E-state index is -0.289. The second-order valence-electron chi connectivity index (χ2n) is 5.01. The molecule has 3 N–H and O–H groups in total. The van der Waals surface area contributed by atoms with Gasteiger partial charge < -0.3 is 11.1 Å². The fourth-order valence-electron chi connectivity index (χ4n) is 2.03. The van der Waals surface area contributed by atoms with E-state index in [-0.39, 0.29) is 36.3 Å². The molecule has 19 heavy (non-hydrogen) atoms. The van der Waals surface area contributed by atoms with Crippen LogP contribution in [0, 0.1) is 12.8 Å². The zero-order chi connectivity index (χ0) is 12.5. The standard InChI is InChI=1S/C13H19N3O.2ClH/c1-9-4-3-5-11(15-9)12(17)16-13(2,8-14)10-6-7-10;;/h3-5,10H,6-8,14H2,1-2H3,(H,16,17);2*1H. The maximum absolute atomic E-state index is 12.1. The Kier molecular flexibility index (Phi) is 6.77. The first-order valence-corrected chi connectivity index (χ1v) is 6.01. The van der Waals surface area contributed by atoms with Crippen LogP contribution in [0.2, 0.25) is 0 Å². The van der Waals surface area contributed by atoms with Crippen molar-refractivity contribution in [1.29, 1.82) is 0 Å². The highest BCUT2D eigenvalue weighted by molar-refractivity contribution is 5.92. The number of nitrogens with zero attached hydrogens (tertiary/aromatic N) is 1. The number of amides is 1. The summed E-state index contributed by atoms with van der Waals surface area (Å²) in [6.45, 7) is 4.35. The smallest absolute Gasteiger partial charge is 0.270 e. The SMILES string of the molecule is Cc1cccc(C(=O)NC(C)(CN)C2CC2)n1.Cl.Cl. The van der Waals surface area contributed by atoms with Crippen molar-refractivity contribution in [3.05, 3.63) is 29.6 Å². The van der Waals surface area contributed by atoms with Gasteiger partial charge in [-0.3, -0.25) is 4.79 Å². The van der Waals surface area contributed by atoms with Crippen LogP contribution in [-0.4, -0.2) is 23.0 Å². The third kappa shape index (κ3) is 4.34. The molecule has 1 aliphatic rings. The summed E-state index contributed by atoms with van der Waals surface area (Å²) < 4.78 is 0. The van der Waals surface area contributed by atoms with Crippen molar-refractivity contribution in [2.24, 2.45) is 11.7 Å². The van der Waals surface area contributed by atoms with Gasteiger partial charge in [0.1, 0.15) is 5.69 Å². The summed E-state index contributed by atoms with van der Waals surface area (Å²) in [5, 5.41) is 3.02. The Bertz CT molecular complexity index is 438. The molecular formula is C13H21Cl2N3O. The van der Waals surface area contributed by atoms with Crippen molar-refractivity contribution >= 4 is 30.7 Å². The van der Waals surface area contributed by atoms with Gasteiger partial charge in [0.2, 0.25) is 0 Å². The van der Waals surface area contributed by atoms with Gasteiger partial charge in [-0.15, -0.1) is 24.8 Å². The Morgan fingerprint density at radius 1 is 1.47 bits per heavy atom. The summed E-state index contributed by atoms with van der Waals surface area (Å²) in [6, 6.07) is 5.44. The van der Waals surface area contributed by atoms with E-state index in [1.807, 2.05) is 26.0 Å². The van der Waals surface area contributed by atoms with E-state index >= 15 is 0 Å². The van der Waals surface area contributed by atoms with Gasteiger partial charge in [0.05, 0.1) is 5.54 Å². The molecule has 0 saturated heterocycles. The molecule has 2 rings (SSSR count). The van der Waals surface area contributed by atoms with E-state index < -0.39 is 0 Å². The lowest BCUT2D eigenvalue weighted by atomic mass is 9.96. The second-order valence-corrected chi connectivity index (χ2v) is 5.01. The molecule has 1 amide bonds. The van der Waals surface area contributed by atoms with E-state index in [0.717, 1.165) is 18.5 Å². The molecule has 1 aromatic rings. The summed E-state index contributed by atoms with van der Waals surface area (Å²) in [6.07, 6.45) is 2.30. The van der Waals surface area contributed by atoms with Crippen molar-refractivity contribution in [2.75, 3.05) is 6.54 Å². The molecule has 6 heteroatoms. The molecule has 1 atom stereocenters. The van der Waals surface area contributed by atoms with Crippen LogP contribution in [0.5, 0.6) is 0 Å². The largest absolute Gasteiger partial charge is 0.344 e. The molecule has 1 fully saturated rings. The summed E-state index contributed by atoms with van der Waals surface area (Å²) in [5.41, 5.74) is 6.79. The summed E-state index contributed by atoms with van der Waals surface area (Å²) >= 11 is 0. The Balaban J connectivity index is 0.00000162. The lowest BCUT2D eigenvalue weighted by molar-refractivity contribution is 0.0892. The zero-order valence-electron chi connectivity index (χ0n) is 11.2. The summed E-state index contributed by atoms with van der Waals surface area (Å²) in [7, 11) is 0. The highest BCUT2D eigenvalue weighted by Crippen LogP contribution is 2.39. The number of rotatable bonds is 4. The van der Waals surface area contributed by atoms with Gasteiger partial charge in [0, 0.05) is 12.2 Å². The molecule has 1 aromatic heterocycles. The van der Waals surface area contributed by atoms with Crippen LogP contribution in [0.3, 0.4) is 0 Å². The molecule has 0 bridgehead atoms. The first-order chi connectivity index (χ1) is 8.05. The number of carbonyl (C=O) groups is 1. The quantitative estimate of drug-likeness (QED) is 0.895. The predicted molar refractivity (Wildman–Crippen MR) is 81.1 cm³/mol. The molecule has 0 aromatic carbocycles.